The van der Waals surface area contributed by atoms with Crippen LogP contribution in [0.25, 0.3) is 88.0 Å². The van der Waals surface area contributed by atoms with Gasteiger partial charge in [0.05, 0.1) is 5.69 Å². The quantitative estimate of drug-likeness (QED) is 0.155. The van der Waals surface area contributed by atoms with E-state index in [-0.39, 0.29) is 5.41 Å². The average molecular weight is 816 g/mol. The number of fused-ring (bicyclic) bond motifs is 6. The van der Waals surface area contributed by atoms with Gasteiger partial charge in [-0.3, -0.25) is 0 Å². The van der Waals surface area contributed by atoms with Gasteiger partial charge in [0.2, 0.25) is 0 Å². The van der Waals surface area contributed by atoms with Gasteiger partial charge in [-0.15, -0.1) is 0 Å². The summed E-state index contributed by atoms with van der Waals surface area (Å²) >= 11 is 0. The third-order valence-electron chi connectivity index (χ3n) is 13.6. The molecule has 1 aliphatic carbocycles. The van der Waals surface area contributed by atoms with Gasteiger partial charge >= 0.3 is 0 Å². The predicted octanol–water partition coefficient (Wildman–Crippen LogP) is 17.6. The minimum Gasteiger partial charge on any atom is -0.310 e. The molecule has 1 aliphatic rings. The molecule has 11 aromatic rings. The lowest BCUT2D eigenvalue weighted by Crippen LogP contribution is -2.16. The van der Waals surface area contributed by atoms with E-state index in [2.05, 4.69) is 255 Å². The molecule has 0 atom stereocenters. The van der Waals surface area contributed by atoms with E-state index in [0.717, 1.165) is 17.1 Å². The van der Waals surface area contributed by atoms with Crippen LogP contribution in [0.2, 0.25) is 0 Å². The van der Waals surface area contributed by atoms with Gasteiger partial charge in [-0.1, -0.05) is 202 Å². The molecule has 0 unspecified atom stereocenters. The number of nitrogens with zero attached hydrogens (tertiary/aromatic N) is 1. The molecule has 0 N–H and O–H groups in total. The Labute approximate surface area is 375 Å². The largest absolute Gasteiger partial charge is 0.310 e. The van der Waals surface area contributed by atoms with Crippen LogP contribution in [0.15, 0.2) is 237 Å². The summed E-state index contributed by atoms with van der Waals surface area (Å²) in [5, 5.41) is 7.42. The van der Waals surface area contributed by atoms with Crippen molar-refractivity contribution < 1.29 is 0 Å². The highest BCUT2D eigenvalue weighted by Gasteiger charge is 2.37. The molecule has 11 aromatic carbocycles. The lowest BCUT2D eigenvalue weighted by molar-refractivity contribution is 0.662. The van der Waals surface area contributed by atoms with Crippen molar-refractivity contribution in [3.63, 3.8) is 0 Å². The molecular weight excluding hydrogens is 771 g/mol. The van der Waals surface area contributed by atoms with Gasteiger partial charge in [0.25, 0.3) is 0 Å². The van der Waals surface area contributed by atoms with Crippen LogP contribution in [0.4, 0.5) is 17.1 Å². The minimum atomic E-state index is -0.113. The zero-order chi connectivity index (χ0) is 42.8. The molecule has 0 aromatic heterocycles. The molecule has 0 saturated heterocycles. The first-order valence-corrected chi connectivity index (χ1v) is 22.3. The van der Waals surface area contributed by atoms with E-state index < -0.39 is 0 Å². The summed E-state index contributed by atoms with van der Waals surface area (Å²) in [6, 6.07) is 87.4. The van der Waals surface area contributed by atoms with Crippen molar-refractivity contribution in [3.05, 3.63) is 248 Å². The second kappa shape index (κ2) is 15.1. The summed E-state index contributed by atoms with van der Waals surface area (Å²) < 4.78 is 0. The molecule has 0 aliphatic heterocycles. The Morgan fingerprint density at radius 3 is 1.31 bits per heavy atom. The van der Waals surface area contributed by atoms with Gasteiger partial charge in [-0.05, 0) is 142 Å². The zero-order valence-corrected chi connectivity index (χ0v) is 36.0. The van der Waals surface area contributed by atoms with Gasteiger partial charge < -0.3 is 4.90 Å². The van der Waals surface area contributed by atoms with Crippen LogP contribution in [-0.2, 0) is 5.41 Å². The Kier molecular flexibility index (Phi) is 8.91. The summed E-state index contributed by atoms with van der Waals surface area (Å²) in [4.78, 5) is 2.46. The van der Waals surface area contributed by atoms with Gasteiger partial charge in [0.1, 0.15) is 0 Å². The first kappa shape index (κ1) is 37.7. The monoisotopic (exact) mass is 815 g/mol. The maximum absolute atomic E-state index is 2.46. The summed E-state index contributed by atoms with van der Waals surface area (Å²) in [5.41, 5.74) is 18.2. The number of anilines is 3. The van der Waals surface area contributed by atoms with Crippen molar-refractivity contribution in [1.82, 2.24) is 0 Å². The van der Waals surface area contributed by atoms with Crippen LogP contribution >= 0.6 is 0 Å². The topological polar surface area (TPSA) is 3.24 Å². The van der Waals surface area contributed by atoms with Crippen molar-refractivity contribution >= 4 is 49.4 Å². The Morgan fingerprint density at radius 1 is 0.281 bits per heavy atom. The molecule has 0 bridgehead atoms. The summed E-state index contributed by atoms with van der Waals surface area (Å²) in [6.45, 7) is 4.74. The highest BCUT2D eigenvalue weighted by Crippen LogP contribution is 2.52. The van der Waals surface area contributed by atoms with Crippen LogP contribution in [0.5, 0.6) is 0 Å². The number of benzene rings is 11. The van der Waals surface area contributed by atoms with Crippen molar-refractivity contribution in [1.29, 1.82) is 0 Å². The first-order valence-electron chi connectivity index (χ1n) is 22.3. The zero-order valence-electron chi connectivity index (χ0n) is 36.0. The van der Waals surface area contributed by atoms with Crippen LogP contribution in [0.3, 0.4) is 0 Å². The third-order valence-corrected chi connectivity index (χ3v) is 13.6. The highest BCUT2D eigenvalue weighted by molar-refractivity contribution is 5.97. The second-order valence-corrected chi connectivity index (χ2v) is 17.7. The van der Waals surface area contributed by atoms with E-state index >= 15 is 0 Å². The molecule has 0 radical (unpaired) electrons. The van der Waals surface area contributed by atoms with Gasteiger partial charge in [-0.25, -0.2) is 0 Å². The Hall–Kier alpha value is -8.00. The van der Waals surface area contributed by atoms with Crippen molar-refractivity contribution in [3.8, 4) is 55.6 Å². The van der Waals surface area contributed by atoms with Crippen LogP contribution in [0.1, 0.15) is 25.0 Å². The Balaban J connectivity index is 1.04. The predicted molar refractivity (Wildman–Crippen MR) is 273 cm³/mol. The fraction of sp³-hybridized carbons (Fsp3) is 0.0476. The minimum absolute atomic E-state index is 0.113. The molecule has 12 rings (SSSR count). The second-order valence-electron chi connectivity index (χ2n) is 17.7. The van der Waals surface area contributed by atoms with E-state index in [9.17, 15) is 0 Å². The summed E-state index contributed by atoms with van der Waals surface area (Å²) in [6.07, 6.45) is 0. The van der Waals surface area contributed by atoms with Crippen LogP contribution in [-0.4, -0.2) is 0 Å². The fourth-order valence-electron chi connectivity index (χ4n) is 10.3. The highest BCUT2D eigenvalue weighted by atomic mass is 15.1. The smallest absolute Gasteiger partial charge is 0.0546 e. The molecule has 302 valence electrons. The fourth-order valence-corrected chi connectivity index (χ4v) is 10.3. The molecule has 1 heteroatoms. The van der Waals surface area contributed by atoms with Gasteiger partial charge in [0, 0.05) is 22.4 Å². The molecular formula is C63H45N. The lowest BCUT2D eigenvalue weighted by atomic mass is 9.79. The van der Waals surface area contributed by atoms with E-state index in [4.69, 9.17) is 0 Å². The Bertz CT molecular complexity index is 3570. The molecule has 0 spiro atoms. The number of hydrogen-bond donors (Lipinski definition) is 0. The molecule has 0 amide bonds. The maximum Gasteiger partial charge on any atom is 0.0546 e. The summed E-state index contributed by atoms with van der Waals surface area (Å²) in [5.74, 6) is 0. The average Bonchev–Trinajstić information content (AvgIpc) is 3.60. The van der Waals surface area contributed by atoms with E-state index in [1.807, 2.05) is 0 Å². The van der Waals surface area contributed by atoms with E-state index in [1.54, 1.807) is 0 Å². The summed E-state index contributed by atoms with van der Waals surface area (Å²) in [7, 11) is 0. The normalized spacial score (nSPS) is 12.7. The van der Waals surface area contributed by atoms with Crippen LogP contribution < -0.4 is 4.90 Å². The Morgan fingerprint density at radius 2 is 0.703 bits per heavy atom. The molecule has 64 heavy (non-hydrogen) atoms. The number of rotatable bonds is 7. The molecule has 0 saturated carbocycles. The van der Waals surface area contributed by atoms with Crippen molar-refractivity contribution in [2.75, 3.05) is 4.90 Å². The van der Waals surface area contributed by atoms with Crippen molar-refractivity contribution in [2.24, 2.45) is 0 Å². The maximum atomic E-state index is 2.46. The molecule has 0 fully saturated rings. The van der Waals surface area contributed by atoms with Crippen LogP contribution in [0, 0.1) is 0 Å². The van der Waals surface area contributed by atoms with Crippen molar-refractivity contribution in [2.45, 2.75) is 19.3 Å². The standard InChI is InChI=1S/C63H45N/c1-63(2)60-21-10-9-18-58(60)59-20-11-19-57(62(59)63)46-30-35-55(36-31-46)64(54-33-28-45(29-34-54)50-25-22-42-12-3-6-15-47(42)38-50)61-41-52(51-26-23-43-13-4-7-16-48(43)39-51)32-37-56(61)53-27-24-44-14-5-8-17-49(44)40-53/h3-41H,1-2H3. The van der Waals surface area contributed by atoms with Gasteiger partial charge in [-0.2, -0.15) is 0 Å². The lowest BCUT2D eigenvalue weighted by Gasteiger charge is -2.29. The van der Waals surface area contributed by atoms with Gasteiger partial charge in [0.15, 0.2) is 0 Å². The molecule has 1 nitrogen and oxygen atoms in total. The SMILES string of the molecule is CC1(C)c2ccccc2-c2cccc(-c3ccc(N(c4ccc(-c5ccc6ccccc6c5)cc4)c4cc(-c5ccc6ccccc6c5)ccc4-c4ccc5ccccc5c4)cc3)c21. The third kappa shape index (κ3) is 6.40. The first-order chi connectivity index (χ1) is 31.5. The van der Waals surface area contributed by atoms with E-state index in [0.29, 0.717) is 0 Å². The van der Waals surface area contributed by atoms with E-state index in [1.165, 1.54) is 99.1 Å². The molecule has 0 heterocycles. The number of hydrogen-bond acceptors (Lipinski definition) is 1.